The number of carbonyl (C=O) groups is 2. The van der Waals surface area contributed by atoms with E-state index >= 15 is 0 Å². The minimum absolute atomic E-state index is 0.133. The van der Waals surface area contributed by atoms with E-state index in [1.165, 1.54) is 6.21 Å². The van der Waals surface area contributed by atoms with E-state index in [0.717, 1.165) is 4.47 Å². The summed E-state index contributed by atoms with van der Waals surface area (Å²) in [6.45, 7) is 3.68. The molecule has 2 aromatic rings. The molecule has 1 unspecified atom stereocenters. The van der Waals surface area contributed by atoms with Gasteiger partial charge in [-0.15, -0.1) is 0 Å². The lowest BCUT2D eigenvalue weighted by molar-refractivity contribution is -0.123. The molecule has 2 aromatic carbocycles. The van der Waals surface area contributed by atoms with Crippen molar-refractivity contribution in [2.45, 2.75) is 19.9 Å². The SMILES string of the molecule is COc1ccc(Br)cc1C=NNC(=O)C(NC(=O)c1ccc(Cl)cc1)C(C)C. The summed E-state index contributed by atoms with van der Waals surface area (Å²) < 4.78 is 6.12. The number of halogens is 2. The van der Waals surface area contributed by atoms with Crippen molar-refractivity contribution >= 4 is 45.6 Å². The largest absolute Gasteiger partial charge is 0.496 e. The van der Waals surface area contributed by atoms with Crippen molar-refractivity contribution in [2.75, 3.05) is 7.11 Å². The number of hydrazone groups is 1. The summed E-state index contributed by atoms with van der Waals surface area (Å²) in [5, 5.41) is 7.26. The van der Waals surface area contributed by atoms with Gasteiger partial charge in [0.2, 0.25) is 0 Å². The predicted molar refractivity (Wildman–Crippen MR) is 114 cm³/mol. The summed E-state index contributed by atoms with van der Waals surface area (Å²) in [6, 6.07) is 11.1. The average molecular weight is 467 g/mol. The number of amides is 2. The van der Waals surface area contributed by atoms with Gasteiger partial charge in [-0.1, -0.05) is 41.4 Å². The Morgan fingerprint density at radius 1 is 1.18 bits per heavy atom. The summed E-state index contributed by atoms with van der Waals surface area (Å²) in [5.41, 5.74) is 3.59. The van der Waals surface area contributed by atoms with Crippen molar-refractivity contribution in [3.8, 4) is 5.75 Å². The van der Waals surface area contributed by atoms with Crippen molar-refractivity contribution in [2.24, 2.45) is 11.0 Å². The van der Waals surface area contributed by atoms with Crippen molar-refractivity contribution in [1.29, 1.82) is 0 Å². The van der Waals surface area contributed by atoms with Crippen LogP contribution in [-0.4, -0.2) is 31.2 Å². The summed E-state index contributed by atoms with van der Waals surface area (Å²) in [7, 11) is 1.56. The van der Waals surface area contributed by atoms with Crippen LogP contribution in [0.5, 0.6) is 5.75 Å². The molecule has 0 radical (unpaired) electrons. The molecule has 0 aliphatic carbocycles. The molecule has 0 spiro atoms. The van der Waals surface area contributed by atoms with E-state index in [-0.39, 0.29) is 11.8 Å². The highest BCUT2D eigenvalue weighted by molar-refractivity contribution is 9.10. The van der Waals surface area contributed by atoms with Gasteiger partial charge in [0, 0.05) is 20.6 Å². The molecule has 2 rings (SSSR count). The molecule has 28 heavy (non-hydrogen) atoms. The number of nitrogens with zero attached hydrogens (tertiary/aromatic N) is 1. The Bertz CT molecular complexity index is 869. The Kier molecular flexibility index (Phi) is 8.02. The molecule has 2 amide bonds. The first-order valence-electron chi connectivity index (χ1n) is 8.54. The fourth-order valence-corrected chi connectivity index (χ4v) is 2.91. The van der Waals surface area contributed by atoms with Gasteiger partial charge in [0.05, 0.1) is 13.3 Å². The standard InChI is InChI=1S/C20H21BrClN3O3/c1-12(2)18(24-19(26)13-4-7-16(22)8-5-13)20(27)25-23-11-14-10-15(21)6-9-17(14)28-3/h4-12,18H,1-3H3,(H,24,26)(H,25,27). The Morgan fingerprint density at radius 3 is 2.46 bits per heavy atom. The van der Waals surface area contributed by atoms with Crippen LogP contribution in [0.3, 0.4) is 0 Å². The second-order valence-corrected chi connectivity index (χ2v) is 7.67. The maximum Gasteiger partial charge on any atom is 0.262 e. The van der Waals surface area contributed by atoms with Crippen LogP contribution >= 0.6 is 27.5 Å². The van der Waals surface area contributed by atoms with Crippen molar-refractivity contribution in [1.82, 2.24) is 10.7 Å². The Labute approximate surface area is 177 Å². The topological polar surface area (TPSA) is 79.8 Å². The highest BCUT2D eigenvalue weighted by atomic mass is 79.9. The molecule has 1 atom stereocenters. The molecular weight excluding hydrogens is 446 g/mol. The van der Waals surface area contributed by atoms with Crippen LogP contribution in [-0.2, 0) is 4.79 Å². The van der Waals surface area contributed by atoms with Crippen molar-refractivity contribution < 1.29 is 14.3 Å². The third-order valence-corrected chi connectivity index (χ3v) is 4.66. The van der Waals surface area contributed by atoms with E-state index in [1.54, 1.807) is 37.4 Å². The van der Waals surface area contributed by atoms with Crippen LogP contribution in [0.15, 0.2) is 52.0 Å². The molecule has 0 heterocycles. The zero-order chi connectivity index (χ0) is 20.7. The average Bonchev–Trinajstić information content (AvgIpc) is 2.66. The van der Waals surface area contributed by atoms with Gasteiger partial charge >= 0.3 is 0 Å². The zero-order valence-electron chi connectivity index (χ0n) is 15.7. The maximum atomic E-state index is 12.5. The molecule has 0 aliphatic heterocycles. The minimum atomic E-state index is -0.746. The smallest absolute Gasteiger partial charge is 0.262 e. The molecule has 0 saturated heterocycles. The van der Waals surface area contributed by atoms with E-state index in [0.29, 0.717) is 21.9 Å². The van der Waals surface area contributed by atoms with E-state index in [2.05, 4.69) is 31.8 Å². The number of carbonyl (C=O) groups excluding carboxylic acids is 2. The van der Waals surface area contributed by atoms with Gasteiger partial charge in [-0.25, -0.2) is 5.43 Å². The Balaban J connectivity index is 2.06. The molecule has 8 heteroatoms. The highest BCUT2D eigenvalue weighted by Crippen LogP contribution is 2.21. The Morgan fingerprint density at radius 2 is 1.86 bits per heavy atom. The number of ether oxygens (including phenoxy) is 1. The molecule has 2 N–H and O–H groups in total. The third kappa shape index (κ3) is 6.07. The molecule has 0 aromatic heterocycles. The third-order valence-electron chi connectivity index (χ3n) is 3.91. The second-order valence-electron chi connectivity index (χ2n) is 6.32. The molecule has 148 valence electrons. The first-order valence-corrected chi connectivity index (χ1v) is 9.71. The van der Waals surface area contributed by atoms with Crippen molar-refractivity contribution in [3.05, 3.63) is 63.1 Å². The van der Waals surface area contributed by atoms with Crippen LogP contribution in [0.2, 0.25) is 5.02 Å². The highest BCUT2D eigenvalue weighted by Gasteiger charge is 2.24. The number of methoxy groups -OCH3 is 1. The zero-order valence-corrected chi connectivity index (χ0v) is 18.0. The van der Waals surface area contributed by atoms with E-state index in [9.17, 15) is 9.59 Å². The molecule has 0 saturated carbocycles. The molecule has 0 aliphatic rings. The Hall–Kier alpha value is -2.38. The number of hydrogen-bond acceptors (Lipinski definition) is 4. The summed E-state index contributed by atoms with van der Waals surface area (Å²) in [6.07, 6.45) is 1.49. The fraction of sp³-hybridized carbons (Fsp3) is 0.250. The van der Waals surface area contributed by atoms with Crippen LogP contribution in [0.1, 0.15) is 29.8 Å². The van der Waals surface area contributed by atoms with Crippen LogP contribution in [0.4, 0.5) is 0 Å². The minimum Gasteiger partial charge on any atom is -0.496 e. The van der Waals surface area contributed by atoms with Crippen molar-refractivity contribution in [3.63, 3.8) is 0 Å². The van der Waals surface area contributed by atoms with Crippen LogP contribution in [0.25, 0.3) is 0 Å². The number of benzene rings is 2. The molecule has 0 bridgehead atoms. The van der Waals surface area contributed by atoms with Gasteiger partial charge in [0.1, 0.15) is 11.8 Å². The van der Waals surface area contributed by atoms with Gasteiger partial charge in [-0.2, -0.15) is 5.10 Å². The summed E-state index contributed by atoms with van der Waals surface area (Å²) in [5.74, 6) is -0.282. The predicted octanol–water partition coefficient (Wildman–Crippen LogP) is 4.02. The number of rotatable bonds is 7. The molecule has 6 nitrogen and oxygen atoms in total. The van der Waals surface area contributed by atoms with Gasteiger partial charge in [-0.05, 0) is 48.4 Å². The van der Waals surface area contributed by atoms with Gasteiger partial charge < -0.3 is 10.1 Å². The van der Waals surface area contributed by atoms with E-state index in [1.807, 2.05) is 26.0 Å². The van der Waals surface area contributed by atoms with E-state index in [4.69, 9.17) is 16.3 Å². The summed E-state index contributed by atoms with van der Waals surface area (Å²) in [4.78, 5) is 24.9. The van der Waals surface area contributed by atoms with Gasteiger partial charge in [-0.3, -0.25) is 9.59 Å². The van der Waals surface area contributed by atoms with Crippen LogP contribution in [0, 0.1) is 5.92 Å². The van der Waals surface area contributed by atoms with Gasteiger partial charge in [0.15, 0.2) is 0 Å². The van der Waals surface area contributed by atoms with Crippen LogP contribution < -0.4 is 15.5 Å². The maximum absolute atomic E-state index is 12.5. The monoisotopic (exact) mass is 465 g/mol. The lowest BCUT2D eigenvalue weighted by Crippen LogP contribution is -2.48. The first kappa shape index (κ1) is 21.9. The quantitative estimate of drug-likeness (QED) is 0.478. The normalized spacial score (nSPS) is 12.1. The first-order chi connectivity index (χ1) is 13.3. The summed E-state index contributed by atoms with van der Waals surface area (Å²) >= 11 is 9.22. The molecular formula is C20H21BrClN3O3. The number of hydrogen-bond donors (Lipinski definition) is 2. The molecule has 0 fully saturated rings. The number of nitrogens with one attached hydrogen (secondary N) is 2. The van der Waals surface area contributed by atoms with Gasteiger partial charge in [0.25, 0.3) is 11.8 Å². The second kappa shape index (κ2) is 10.2. The lowest BCUT2D eigenvalue weighted by atomic mass is 10.0. The lowest BCUT2D eigenvalue weighted by Gasteiger charge is -2.20. The van der Waals surface area contributed by atoms with E-state index < -0.39 is 11.9 Å². The fourth-order valence-electron chi connectivity index (χ4n) is 2.40.